The summed E-state index contributed by atoms with van der Waals surface area (Å²) in [4.78, 5) is 18.5. The number of aryl methyl sites for hydroxylation is 1. The van der Waals surface area contributed by atoms with Gasteiger partial charge in [0, 0.05) is 29.6 Å². The zero-order valence-electron chi connectivity index (χ0n) is 15.0. The highest BCUT2D eigenvalue weighted by Gasteiger charge is 2.50. The summed E-state index contributed by atoms with van der Waals surface area (Å²) >= 11 is 0. The van der Waals surface area contributed by atoms with Crippen LogP contribution in [0.5, 0.6) is 0 Å². The van der Waals surface area contributed by atoms with Crippen LogP contribution in [0.25, 0.3) is 10.9 Å². The summed E-state index contributed by atoms with van der Waals surface area (Å²) < 4.78 is 0. The lowest BCUT2D eigenvalue weighted by Gasteiger charge is -2.42. The van der Waals surface area contributed by atoms with Crippen molar-refractivity contribution < 1.29 is 4.79 Å². The third-order valence-electron chi connectivity index (χ3n) is 6.21. The molecule has 1 amide bonds. The second-order valence-electron chi connectivity index (χ2n) is 7.61. The minimum absolute atomic E-state index is 0.0656. The van der Waals surface area contributed by atoms with E-state index in [4.69, 9.17) is 0 Å². The molecule has 1 atom stereocenters. The molecule has 1 saturated heterocycles. The Morgan fingerprint density at radius 3 is 2.92 bits per heavy atom. The average Bonchev–Trinajstić information content (AvgIpc) is 3.12. The van der Waals surface area contributed by atoms with Crippen molar-refractivity contribution in [3.8, 4) is 0 Å². The van der Waals surface area contributed by atoms with Crippen LogP contribution in [0.4, 0.5) is 0 Å². The number of nitrogens with zero attached hydrogens (tertiary/aromatic N) is 1. The monoisotopic (exact) mass is 324 g/mol. The number of hydrogen-bond acceptors (Lipinski definition) is 1. The summed E-state index contributed by atoms with van der Waals surface area (Å²) in [6.45, 7) is 5.32. The van der Waals surface area contributed by atoms with Crippen molar-refractivity contribution in [2.45, 2.75) is 70.8 Å². The Labute approximate surface area is 144 Å². The van der Waals surface area contributed by atoms with Crippen molar-refractivity contribution in [2.75, 3.05) is 6.54 Å². The molecule has 1 N–H and O–H groups in total. The molecule has 24 heavy (non-hydrogen) atoms. The number of carbonyl (C=O) groups is 1. The van der Waals surface area contributed by atoms with Crippen molar-refractivity contribution in [2.24, 2.45) is 0 Å². The molecule has 0 bridgehead atoms. The molecule has 2 aromatic rings. The fourth-order valence-corrected chi connectivity index (χ4v) is 4.95. The van der Waals surface area contributed by atoms with Crippen LogP contribution in [0, 0.1) is 6.92 Å². The van der Waals surface area contributed by atoms with E-state index >= 15 is 0 Å². The number of carbonyl (C=O) groups excluding carboxylic acids is 1. The molecule has 1 aromatic heterocycles. The zero-order chi connectivity index (χ0) is 16.7. The number of fused-ring (bicyclic) bond motifs is 5. The maximum absolute atomic E-state index is 12.5. The van der Waals surface area contributed by atoms with E-state index in [0.717, 1.165) is 25.8 Å². The first kappa shape index (κ1) is 15.7. The van der Waals surface area contributed by atoms with Crippen molar-refractivity contribution in [1.29, 1.82) is 0 Å². The molecule has 0 spiro atoms. The number of amides is 1. The van der Waals surface area contributed by atoms with Gasteiger partial charge in [-0.3, -0.25) is 4.79 Å². The predicted molar refractivity (Wildman–Crippen MR) is 98.1 cm³/mol. The van der Waals surface area contributed by atoms with E-state index in [0.29, 0.717) is 12.3 Å². The molecule has 4 rings (SSSR count). The van der Waals surface area contributed by atoms with Crippen molar-refractivity contribution >= 4 is 16.8 Å². The molecule has 3 heteroatoms. The van der Waals surface area contributed by atoms with Crippen LogP contribution in [0.15, 0.2) is 18.2 Å². The summed E-state index contributed by atoms with van der Waals surface area (Å²) in [6.07, 6.45) is 8.83. The lowest BCUT2D eigenvalue weighted by Crippen LogP contribution is -2.48. The summed E-state index contributed by atoms with van der Waals surface area (Å²) in [7, 11) is 0. The van der Waals surface area contributed by atoms with E-state index < -0.39 is 0 Å². The van der Waals surface area contributed by atoms with Crippen LogP contribution in [0.1, 0.15) is 68.7 Å². The molecular weight excluding hydrogens is 296 g/mol. The van der Waals surface area contributed by atoms with Gasteiger partial charge in [0.1, 0.15) is 0 Å². The number of aromatic amines is 1. The number of rotatable bonds is 5. The number of nitrogens with one attached hydrogen (secondary N) is 1. The fourth-order valence-electron chi connectivity index (χ4n) is 4.95. The van der Waals surface area contributed by atoms with E-state index in [1.54, 1.807) is 0 Å². The number of benzene rings is 1. The molecule has 1 fully saturated rings. The Hall–Kier alpha value is -1.77. The summed E-state index contributed by atoms with van der Waals surface area (Å²) in [6, 6.07) is 6.58. The first-order valence-electron chi connectivity index (χ1n) is 9.58. The normalized spacial score (nSPS) is 22.9. The first-order chi connectivity index (χ1) is 11.7. The maximum Gasteiger partial charge on any atom is 0.223 e. The molecular formula is C21H28N2O. The highest BCUT2D eigenvalue weighted by Crippen LogP contribution is 2.49. The molecule has 0 aliphatic carbocycles. The SMILES string of the molecule is CCCCCC[C@]12CCC(=O)N1CCc1c2[nH]c2c(C)cccc12. The van der Waals surface area contributed by atoms with E-state index in [2.05, 4.69) is 41.9 Å². The van der Waals surface area contributed by atoms with Crippen molar-refractivity contribution in [1.82, 2.24) is 9.88 Å². The number of H-pyrrole nitrogens is 1. The molecule has 3 heterocycles. The molecule has 1 aromatic carbocycles. The minimum Gasteiger partial charge on any atom is -0.356 e. The van der Waals surface area contributed by atoms with Crippen LogP contribution in [0.3, 0.4) is 0 Å². The maximum atomic E-state index is 12.5. The van der Waals surface area contributed by atoms with E-state index in [1.807, 2.05) is 0 Å². The van der Waals surface area contributed by atoms with Gasteiger partial charge < -0.3 is 9.88 Å². The van der Waals surface area contributed by atoms with Crippen LogP contribution in [-0.4, -0.2) is 22.3 Å². The Balaban J connectivity index is 1.79. The second kappa shape index (κ2) is 5.94. The van der Waals surface area contributed by atoms with Gasteiger partial charge in [-0.1, -0.05) is 50.8 Å². The van der Waals surface area contributed by atoms with Crippen LogP contribution >= 0.6 is 0 Å². The Morgan fingerprint density at radius 1 is 1.21 bits per heavy atom. The molecule has 0 saturated carbocycles. The summed E-state index contributed by atoms with van der Waals surface area (Å²) in [5, 5.41) is 1.37. The highest BCUT2D eigenvalue weighted by atomic mass is 16.2. The lowest BCUT2D eigenvalue weighted by molar-refractivity contribution is -0.132. The van der Waals surface area contributed by atoms with E-state index in [9.17, 15) is 4.79 Å². The van der Waals surface area contributed by atoms with Crippen molar-refractivity contribution in [3.05, 3.63) is 35.0 Å². The largest absolute Gasteiger partial charge is 0.356 e. The van der Waals surface area contributed by atoms with Gasteiger partial charge in [-0.2, -0.15) is 0 Å². The number of para-hydroxylation sites is 1. The highest BCUT2D eigenvalue weighted by molar-refractivity contribution is 5.89. The molecule has 2 aliphatic heterocycles. The third-order valence-corrected chi connectivity index (χ3v) is 6.21. The van der Waals surface area contributed by atoms with Gasteiger partial charge in [-0.25, -0.2) is 0 Å². The van der Waals surface area contributed by atoms with Crippen LogP contribution < -0.4 is 0 Å². The number of aromatic nitrogens is 1. The Morgan fingerprint density at radius 2 is 2.08 bits per heavy atom. The average molecular weight is 324 g/mol. The molecule has 3 nitrogen and oxygen atoms in total. The summed E-state index contributed by atoms with van der Waals surface area (Å²) in [5.74, 6) is 0.353. The Kier molecular flexibility index (Phi) is 3.90. The first-order valence-corrected chi connectivity index (χ1v) is 9.58. The number of hydrogen-bond donors (Lipinski definition) is 1. The van der Waals surface area contributed by atoms with Gasteiger partial charge >= 0.3 is 0 Å². The number of unbranched alkanes of at least 4 members (excludes halogenated alkanes) is 3. The van der Waals surface area contributed by atoms with Crippen LogP contribution in [-0.2, 0) is 16.8 Å². The van der Waals surface area contributed by atoms with Gasteiger partial charge in [0.05, 0.1) is 5.54 Å². The fraction of sp³-hybridized carbons (Fsp3) is 0.571. The van der Waals surface area contributed by atoms with Gasteiger partial charge in [0.15, 0.2) is 0 Å². The lowest BCUT2D eigenvalue weighted by atomic mass is 9.80. The molecule has 2 aliphatic rings. The van der Waals surface area contributed by atoms with Gasteiger partial charge in [0.2, 0.25) is 5.91 Å². The van der Waals surface area contributed by atoms with Gasteiger partial charge in [-0.15, -0.1) is 0 Å². The topological polar surface area (TPSA) is 36.1 Å². The van der Waals surface area contributed by atoms with Gasteiger partial charge in [0.25, 0.3) is 0 Å². The quantitative estimate of drug-likeness (QED) is 0.786. The second-order valence-corrected chi connectivity index (χ2v) is 7.61. The molecule has 0 radical (unpaired) electrons. The predicted octanol–water partition coefficient (Wildman–Crippen LogP) is 4.82. The van der Waals surface area contributed by atoms with Gasteiger partial charge in [-0.05, 0) is 37.3 Å². The van der Waals surface area contributed by atoms with E-state index in [1.165, 1.54) is 53.4 Å². The molecule has 128 valence electrons. The summed E-state index contributed by atoms with van der Waals surface area (Å²) in [5.41, 5.74) is 5.33. The molecule has 0 unspecified atom stereocenters. The smallest absolute Gasteiger partial charge is 0.223 e. The third kappa shape index (κ3) is 2.21. The van der Waals surface area contributed by atoms with E-state index in [-0.39, 0.29) is 5.54 Å². The standard InChI is InChI=1S/C21H28N2O/c1-3-4-5-6-12-21-13-10-18(24)23(21)14-11-17-16-9-7-8-15(2)19(16)22-20(17)21/h7-9,22H,3-6,10-14H2,1-2H3/t21-/m1/s1. The van der Waals surface area contributed by atoms with Crippen LogP contribution in [0.2, 0.25) is 0 Å². The zero-order valence-corrected chi connectivity index (χ0v) is 15.0. The minimum atomic E-state index is -0.0656. The van der Waals surface area contributed by atoms with Crippen molar-refractivity contribution in [3.63, 3.8) is 0 Å². The Bertz CT molecular complexity index is 775.